The number of hydrogen-bond donors (Lipinski definition) is 0. The molecule has 0 radical (unpaired) electrons. The third-order valence-corrected chi connectivity index (χ3v) is 6.23. The summed E-state index contributed by atoms with van der Waals surface area (Å²) < 4.78 is 6.53. The molecular formula is C29H42O. The maximum atomic E-state index is 6.53. The van der Waals surface area contributed by atoms with Gasteiger partial charge in [0.1, 0.15) is 11.4 Å². The molecule has 2 rings (SSSR count). The molecule has 1 aromatic rings. The molecule has 0 bridgehead atoms. The average Bonchev–Trinajstić information content (AvgIpc) is 2.65. The lowest BCUT2D eigenvalue weighted by Crippen LogP contribution is -2.32. The van der Waals surface area contributed by atoms with Crippen LogP contribution in [0.4, 0.5) is 0 Å². The van der Waals surface area contributed by atoms with Gasteiger partial charge in [-0.3, -0.25) is 0 Å². The van der Waals surface area contributed by atoms with Gasteiger partial charge in [0.25, 0.3) is 0 Å². The normalized spacial score (nSPS) is 18.8. The van der Waals surface area contributed by atoms with Crippen LogP contribution in [0, 0.1) is 20.8 Å². The summed E-state index contributed by atoms with van der Waals surface area (Å²) in [5.41, 5.74) is 9.30. The molecule has 0 saturated carbocycles. The molecular weight excluding hydrogens is 364 g/mol. The first-order chi connectivity index (χ1) is 14.1. The molecule has 1 aliphatic rings. The second-order valence-corrected chi connectivity index (χ2v) is 9.62. The molecule has 1 atom stereocenters. The van der Waals surface area contributed by atoms with Gasteiger partial charge in [0.2, 0.25) is 0 Å². The molecule has 1 heteroatoms. The molecule has 1 heterocycles. The Kier molecular flexibility index (Phi) is 8.77. The quantitative estimate of drug-likeness (QED) is 0.372. The van der Waals surface area contributed by atoms with E-state index in [1.165, 1.54) is 45.4 Å². The van der Waals surface area contributed by atoms with Gasteiger partial charge in [-0.05, 0) is 117 Å². The van der Waals surface area contributed by atoms with Crippen molar-refractivity contribution in [1.29, 1.82) is 0 Å². The van der Waals surface area contributed by atoms with Crippen LogP contribution < -0.4 is 4.74 Å². The Bertz CT molecular complexity index is 859. The molecule has 0 N–H and O–H groups in total. The molecule has 1 unspecified atom stereocenters. The summed E-state index contributed by atoms with van der Waals surface area (Å²) >= 11 is 0. The number of fused-ring (bicyclic) bond motifs is 1. The number of allylic oxidation sites excluding steroid dienone is 6. The summed E-state index contributed by atoms with van der Waals surface area (Å²) in [5.74, 6) is 1.08. The van der Waals surface area contributed by atoms with E-state index in [9.17, 15) is 0 Å². The van der Waals surface area contributed by atoms with E-state index in [1.54, 1.807) is 0 Å². The Morgan fingerprint density at radius 3 is 2.10 bits per heavy atom. The molecule has 1 aromatic carbocycles. The van der Waals surface area contributed by atoms with Crippen molar-refractivity contribution in [3.8, 4) is 5.75 Å². The van der Waals surface area contributed by atoms with Crippen LogP contribution in [0.25, 0.3) is 6.08 Å². The molecule has 164 valence electrons. The van der Waals surface area contributed by atoms with Crippen LogP contribution in [0.2, 0.25) is 0 Å². The minimum Gasteiger partial charge on any atom is -0.483 e. The fraction of sp³-hybridized carbons (Fsp3) is 0.517. The van der Waals surface area contributed by atoms with E-state index in [0.29, 0.717) is 0 Å². The van der Waals surface area contributed by atoms with E-state index in [4.69, 9.17) is 4.74 Å². The second-order valence-electron chi connectivity index (χ2n) is 9.62. The largest absolute Gasteiger partial charge is 0.483 e. The van der Waals surface area contributed by atoms with Crippen molar-refractivity contribution in [3.63, 3.8) is 0 Å². The topological polar surface area (TPSA) is 9.23 Å². The van der Waals surface area contributed by atoms with E-state index < -0.39 is 0 Å². The van der Waals surface area contributed by atoms with Crippen molar-refractivity contribution in [2.75, 3.05) is 0 Å². The Morgan fingerprint density at radius 1 is 0.867 bits per heavy atom. The second kappa shape index (κ2) is 10.8. The van der Waals surface area contributed by atoms with Crippen LogP contribution in [0.1, 0.15) is 95.4 Å². The minimum absolute atomic E-state index is 0.226. The third-order valence-electron chi connectivity index (χ3n) is 6.23. The summed E-state index contributed by atoms with van der Waals surface area (Å²) in [7, 11) is 0. The van der Waals surface area contributed by atoms with Crippen LogP contribution in [0.3, 0.4) is 0 Å². The summed E-state index contributed by atoms with van der Waals surface area (Å²) in [5, 5.41) is 0. The minimum atomic E-state index is -0.226. The first kappa shape index (κ1) is 24.3. The van der Waals surface area contributed by atoms with Gasteiger partial charge in [0, 0.05) is 5.56 Å². The highest BCUT2D eigenvalue weighted by Crippen LogP contribution is 2.39. The maximum absolute atomic E-state index is 6.53. The summed E-state index contributed by atoms with van der Waals surface area (Å²) in [6, 6.07) is 2.26. The zero-order valence-corrected chi connectivity index (χ0v) is 20.6. The van der Waals surface area contributed by atoms with Crippen LogP contribution >= 0.6 is 0 Å². The Hall–Kier alpha value is -2.02. The van der Waals surface area contributed by atoms with Crippen molar-refractivity contribution >= 4 is 6.08 Å². The zero-order chi connectivity index (χ0) is 22.3. The molecule has 0 amide bonds. The first-order valence-electron chi connectivity index (χ1n) is 11.5. The molecule has 30 heavy (non-hydrogen) atoms. The van der Waals surface area contributed by atoms with Gasteiger partial charge in [-0.15, -0.1) is 0 Å². The molecule has 0 spiro atoms. The fourth-order valence-electron chi connectivity index (χ4n) is 4.01. The van der Waals surface area contributed by atoms with Crippen molar-refractivity contribution in [2.45, 2.75) is 99.5 Å². The van der Waals surface area contributed by atoms with E-state index in [1.807, 2.05) is 0 Å². The highest BCUT2D eigenvalue weighted by molar-refractivity contribution is 5.67. The SMILES string of the molecule is CC(C)=CCCC(C)=CCCC(C)=CCCC1(C)C=Cc2c(C)cc(C)c(C)c2O1. The number of rotatable bonds is 9. The van der Waals surface area contributed by atoms with Crippen LogP contribution in [-0.4, -0.2) is 5.60 Å². The lowest BCUT2D eigenvalue weighted by Gasteiger charge is -2.33. The Labute approximate surface area is 185 Å². The van der Waals surface area contributed by atoms with Gasteiger partial charge < -0.3 is 4.74 Å². The molecule has 1 nitrogen and oxygen atoms in total. The molecule has 0 fully saturated rings. The monoisotopic (exact) mass is 406 g/mol. The highest BCUT2D eigenvalue weighted by atomic mass is 16.5. The lowest BCUT2D eigenvalue weighted by atomic mass is 9.90. The van der Waals surface area contributed by atoms with Gasteiger partial charge in [-0.1, -0.05) is 47.1 Å². The van der Waals surface area contributed by atoms with Crippen LogP contribution in [0.5, 0.6) is 5.75 Å². The van der Waals surface area contributed by atoms with Gasteiger partial charge >= 0.3 is 0 Å². The average molecular weight is 407 g/mol. The Morgan fingerprint density at radius 2 is 1.47 bits per heavy atom. The number of ether oxygens (including phenoxy) is 1. The molecule has 0 aliphatic carbocycles. The summed E-state index contributed by atoms with van der Waals surface area (Å²) in [6.45, 7) is 17.6. The van der Waals surface area contributed by atoms with Crippen molar-refractivity contribution in [1.82, 2.24) is 0 Å². The number of hydrogen-bond acceptors (Lipinski definition) is 1. The lowest BCUT2D eigenvalue weighted by molar-refractivity contribution is 0.127. The smallest absolute Gasteiger partial charge is 0.131 e. The van der Waals surface area contributed by atoms with Gasteiger partial charge in [-0.2, -0.15) is 0 Å². The third kappa shape index (κ3) is 7.04. The van der Waals surface area contributed by atoms with E-state index >= 15 is 0 Å². The summed E-state index contributed by atoms with van der Waals surface area (Å²) in [6.07, 6.45) is 18.3. The maximum Gasteiger partial charge on any atom is 0.131 e. The van der Waals surface area contributed by atoms with Gasteiger partial charge in [0.15, 0.2) is 0 Å². The van der Waals surface area contributed by atoms with E-state index in [-0.39, 0.29) is 5.60 Å². The van der Waals surface area contributed by atoms with Crippen LogP contribution in [-0.2, 0) is 0 Å². The van der Waals surface area contributed by atoms with Gasteiger partial charge in [0.05, 0.1) is 0 Å². The van der Waals surface area contributed by atoms with Crippen molar-refractivity contribution < 1.29 is 4.74 Å². The highest BCUT2D eigenvalue weighted by Gasteiger charge is 2.28. The van der Waals surface area contributed by atoms with Crippen LogP contribution in [0.15, 0.2) is 47.1 Å². The standard InChI is InChI=1S/C29H42O/c1-21(2)12-9-13-22(3)14-10-15-23(4)16-11-18-29(8)19-17-27-25(6)20-24(5)26(7)28(27)30-29/h12,14,16-17,19-20H,9-11,13,15,18H2,1-8H3. The summed E-state index contributed by atoms with van der Waals surface area (Å²) in [4.78, 5) is 0. The first-order valence-corrected chi connectivity index (χ1v) is 11.5. The molecule has 1 aliphatic heterocycles. The van der Waals surface area contributed by atoms with Gasteiger partial charge in [-0.25, -0.2) is 0 Å². The zero-order valence-electron chi connectivity index (χ0n) is 20.6. The fourth-order valence-corrected chi connectivity index (χ4v) is 4.01. The Balaban J connectivity index is 1.86. The van der Waals surface area contributed by atoms with E-state index in [0.717, 1.165) is 37.9 Å². The number of aryl methyl sites for hydroxylation is 2. The number of benzene rings is 1. The molecule has 0 saturated heterocycles. The van der Waals surface area contributed by atoms with Crippen molar-refractivity contribution in [3.05, 3.63) is 69.3 Å². The predicted molar refractivity (Wildman–Crippen MR) is 133 cm³/mol. The van der Waals surface area contributed by atoms with Crippen molar-refractivity contribution in [2.24, 2.45) is 0 Å². The predicted octanol–water partition coefficient (Wildman–Crippen LogP) is 8.98. The van der Waals surface area contributed by atoms with E-state index in [2.05, 4.69) is 91.8 Å². The molecule has 0 aromatic heterocycles.